The second kappa shape index (κ2) is 6.06. The van der Waals surface area contributed by atoms with E-state index in [0.717, 1.165) is 18.4 Å². The fourth-order valence-corrected chi connectivity index (χ4v) is 3.12. The third-order valence-corrected chi connectivity index (χ3v) is 4.47. The average Bonchev–Trinajstić information content (AvgIpc) is 2.84. The van der Waals surface area contributed by atoms with Crippen LogP contribution in [0, 0.1) is 11.7 Å². The van der Waals surface area contributed by atoms with E-state index in [1.54, 1.807) is 12.1 Å². The Kier molecular flexibility index (Phi) is 4.69. The number of hydrogen-bond donors (Lipinski definition) is 0. The zero-order valence-corrected chi connectivity index (χ0v) is 11.3. The highest BCUT2D eigenvalue weighted by molar-refractivity contribution is 6.30. The van der Waals surface area contributed by atoms with Gasteiger partial charge >= 0.3 is 0 Å². The molecule has 94 valence electrons. The molecule has 0 spiro atoms. The van der Waals surface area contributed by atoms with E-state index >= 15 is 0 Å². The van der Waals surface area contributed by atoms with Gasteiger partial charge in [-0.3, -0.25) is 0 Å². The third kappa shape index (κ3) is 3.59. The molecule has 0 N–H and O–H groups in total. The first kappa shape index (κ1) is 13.2. The van der Waals surface area contributed by atoms with Crippen LogP contribution >= 0.6 is 23.2 Å². The van der Waals surface area contributed by atoms with Gasteiger partial charge in [-0.2, -0.15) is 0 Å². The average molecular weight is 275 g/mol. The van der Waals surface area contributed by atoms with Crippen LogP contribution in [0.4, 0.5) is 4.39 Å². The molecule has 1 aromatic carbocycles. The van der Waals surface area contributed by atoms with Crippen LogP contribution in [0.15, 0.2) is 18.2 Å². The Labute approximate surface area is 112 Å². The van der Waals surface area contributed by atoms with E-state index in [1.807, 2.05) is 0 Å². The van der Waals surface area contributed by atoms with Crippen molar-refractivity contribution in [1.82, 2.24) is 0 Å². The summed E-state index contributed by atoms with van der Waals surface area (Å²) in [7, 11) is 0. The van der Waals surface area contributed by atoms with Gasteiger partial charge in [0.1, 0.15) is 5.82 Å². The van der Waals surface area contributed by atoms with E-state index < -0.39 is 0 Å². The standard InChI is InChI=1S/C14H17Cl2F/c15-12(11-3-1-2-4-11)7-5-10-6-8-14(17)13(16)9-10/h6,8-9,11-12H,1-5,7H2. The van der Waals surface area contributed by atoms with Crippen molar-refractivity contribution in [3.8, 4) is 0 Å². The molecule has 2 rings (SSSR count). The molecule has 17 heavy (non-hydrogen) atoms. The summed E-state index contributed by atoms with van der Waals surface area (Å²) in [4.78, 5) is 0. The maximum Gasteiger partial charge on any atom is 0.141 e. The van der Waals surface area contributed by atoms with Gasteiger partial charge in [0.25, 0.3) is 0 Å². The highest BCUT2D eigenvalue weighted by Gasteiger charge is 2.22. The summed E-state index contributed by atoms with van der Waals surface area (Å²) >= 11 is 12.1. The topological polar surface area (TPSA) is 0 Å². The molecule has 0 amide bonds. The van der Waals surface area contributed by atoms with Crippen LogP contribution in [-0.4, -0.2) is 5.38 Å². The van der Waals surface area contributed by atoms with E-state index in [-0.39, 0.29) is 16.2 Å². The normalized spacial score (nSPS) is 18.5. The van der Waals surface area contributed by atoms with E-state index in [2.05, 4.69) is 0 Å². The summed E-state index contributed by atoms with van der Waals surface area (Å²) in [5, 5.41) is 0.454. The van der Waals surface area contributed by atoms with Gasteiger partial charge in [-0.15, -0.1) is 11.6 Å². The second-order valence-electron chi connectivity index (χ2n) is 4.85. The number of benzene rings is 1. The van der Waals surface area contributed by atoms with Gasteiger partial charge in [-0.1, -0.05) is 30.5 Å². The number of rotatable bonds is 4. The number of aryl methyl sites for hydroxylation is 1. The Hall–Kier alpha value is -0.270. The predicted octanol–water partition coefficient (Wildman–Crippen LogP) is 5.21. The quantitative estimate of drug-likeness (QED) is 0.662. The zero-order chi connectivity index (χ0) is 12.3. The van der Waals surface area contributed by atoms with Crippen molar-refractivity contribution in [3.05, 3.63) is 34.6 Å². The van der Waals surface area contributed by atoms with Gasteiger partial charge in [-0.05, 0) is 49.3 Å². The molecule has 0 aliphatic heterocycles. The summed E-state index contributed by atoms with van der Waals surface area (Å²) in [6, 6.07) is 4.92. The fourth-order valence-electron chi connectivity index (χ4n) is 2.55. The maximum atomic E-state index is 13.0. The first-order valence-corrected chi connectivity index (χ1v) is 7.06. The second-order valence-corrected chi connectivity index (χ2v) is 5.82. The van der Waals surface area contributed by atoms with E-state index in [0.29, 0.717) is 5.92 Å². The van der Waals surface area contributed by atoms with Crippen LogP contribution < -0.4 is 0 Å². The first-order chi connectivity index (χ1) is 8.16. The minimum atomic E-state index is -0.353. The SMILES string of the molecule is Fc1ccc(CCC(Cl)C2CCCC2)cc1Cl. The Bertz CT molecular complexity index is 372. The number of hydrogen-bond acceptors (Lipinski definition) is 0. The first-order valence-electron chi connectivity index (χ1n) is 6.25. The van der Waals surface area contributed by atoms with Gasteiger partial charge in [0.15, 0.2) is 0 Å². The molecule has 0 saturated heterocycles. The molecule has 0 aromatic heterocycles. The Morgan fingerprint density at radius 2 is 2.00 bits per heavy atom. The molecular weight excluding hydrogens is 258 g/mol. The van der Waals surface area contributed by atoms with Crippen molar-refractivity contribution in [2.75, 3.05) is 0 Å². The minimum absolute atomic E-state index is 0.203. The lowest BCUT2D eigenvalue weighted by atomic mass is 9.98. The Morgan fingerprint density at radius 1 is 1.29 bits per heavy atom. The minimum Gasteiger partial charge on any atom is -0.205 e. The number of halogens is 3. The van der Waals surface area contributed by atoms with E-state index in [4.69, 9.17) is 23.2 Å². The highest BCUT2D eigenvalue weighted by atomic mass is 35.5. The van der Waals surface area contributed by atoms with Crippen LogP contribution in [0.1, 0.15) is 37.7 Å². The fraction of sp³-hybridized carbons (Fsp3) is 0.571. The summed E-state index contributed by atoms with van der Waals surface area (Å²) in [5.74, 6) is 0.321. The van der Waals surface area contributed by atoms with Crippen LogP contribution in [0.2, 0.25) is 5.02 Å². The molecule has 0 bridgehead atoms. The Morgan fingerprint density at radius 3 is 2.65 bits per heavy atom. The van der Waals surface area contributed by atoms with Crippen molar-refractivity contribution in [1.29, 1.82) is 0 Å². The van der Waals surface area contributed by atoms with Gasteiger partial charge in [0.05, 0.1) is 5.02 Å². The smallest absolute Gasteiger partial charge is 0.141 e. The largest absolute Gasteiger partial charge is 0.205 e. The van der Waals surface area contributed by atoms with Gasteiger partial charge in [-0.25, -0.2) is 4.39 Å². The van der Waals surface area contributed by atoms with Gasteiger partial charge in [0, 0.05) is 5.38 Å². The lowest BCUT2D eigenvalue weighted by Crippen LogP contribution is -2.12. The third-order valence-electron chi connectivity index (χ3n) is 3.60. The van der Waals surface area contributed by atoms with E-state index in [9.17, 15) is 4.39 Å². The zero-order valence-electron chi connectivity index (χ0n) is 9.76. The van der Waals surface area contributed by atoms with E-state index in [1.165, 1.54) is 31.7 Å². The molecular formula is C14H17Cl2F. The Balaban J connectivity index is 1.86. The van der Waals surface area contributed by atoms with Crippen molar-refractivity contribution in [3.63, 3.8) is 0 Å². The lowest BCUT2D eigenvalue weighted by molar-refractivity contribution is 0.492. The van der Waals surface area contributed by atoms with Crippen LogP contribution in [0.3, 0.4) is 0 Å². The molecule has 3 heteroatoms. The molecule has 1 unspecified atom stereocenters. The molecule has 1 aliphatic carbocycles. The molecule has 0 radical (unpaired) electrons. The predicted molar refractivity (Wildman–Crippen MR) is 71.3 cm³/mol. The van der Waals surface area contributed by atoms with Crippen molar-refractivity contribution < 1.29 is 4.39 Å². The van der Waals surface area contributed by atoms with Crippen LogP contribution in [-0.2, 0) is 6.42 Å². The van der Waals surface area contributed by atoms with Gasteiger partial charge < -0.3 is 0 Å². The van der Waals surface area contributed by atoms with Crippen LogP contribution in [0.25, 0.3) is 0 Å². The molecule has 0 heterocycles. The summed E-state index contributed by atoms with van der Waals surface area (Å²) < 4.78 is 13.0. The van der Waals surface area contributed by atoms with Gasteiger partial charge in [0.2, 0.25) is 0 Å². The summed E-state index contributed by atoms with van der Waals surface area (Å²) in [5.41, 5.74) is 1.07. The molecule has 1 atom stereocenters. The molecule has 1 aromatic rings. The highest BCUT2D eigenvalue weighted by Crippen LogP contribution is 2.32. The monoisotopic (exact) mass is 274 g/mol. The summed E-state index contributed by atoms with van der Waals surface area (Å²) in [6.07, 6.45) is 6.99. The van der Waals surface area contributed by atoms with Crippen molar-refractivity contribution >= 4 is 23.2 Å². The number of alkyl halides is 1. The lowest BCUT2D eigenvalue weighted by Gasteiger charge is -2.16. The molecule has 1 fully saturated rings. The van der Waals surface area contributed by atoms with Crippen molar-refractivity contribution in [2.24, 2.45) is 5.92 Å². The summed E-state index contributed by atoms with van der Waals surface area (Å²) in [6.45, 7) is 0. The maximum absolute atomic E-state index is 13.0. The van der Waals surface area contributed by atoms with Crippen LogP contribution in [0.5, 0.6) is 0 Å². The molecule has 1 aliphatic rings. The molecule has 0 nitrogen and oxygen atoms in total. The van der Waals surface area contributed by atoms with Crippen molar-refractivity contribution in [2.45, 2.75) is 43.9 Å². The molecule has 1 saturated carbocycles.